The lowest BCUT2D eigenvalue weighted by Crippen LogP contribution is -2.15. The Morgan fingerprint density at radius 3 is 2.56 bits per heavy atom. The van der Waals surface area contributed by atoms with Gasteiger partial charge < -0.3 is 5.73 Å². The highest BCUT2D eigenvalue weighted by atomic mass is 35.5. The van der Waals surface area contributed by atoms with Crippen LogP contribution in [-0.4, -0.2) is 24.9 Å². The first-order valence-electron chi connectivity index (χ1n) is 7.80. The van der Waals surface area contributed by atoms with Crippen LogP contribution in [0.15, 0.2) is 59.6 Å². The van der Waals surface area contributed by atoms with Gasteiger partial charge in [-0.1, -0.05) is 41.4 Å². The van der Waals surface area contributed by atoms with Gasteiger partial charge in [-0.15, -0.1) is 0 Å². The highest BCUT2D eigenvalue weighted by Gasteiger charge is 2.20. The number of pyridine rings is 1. The number of aromatic nitrogens is 1. The molecule has 8 heteroatoms. The average Bonchev–Trinajstić information content (AvgIpc) is 2.61. The third kappa shape index (κ3) is 4.66. The van der Waals surface area contributed by atoms with Crippen molar-refractivity contribution in [3.8, 4) is 0 Å². The van der Waals surface area contributed by atoms with Crippen LogP contribution in [0.4, 0.5) is 5.69 Å². The molecule has 2 aromatic carbocycles. The predicted octanol–water partition coefficient (Wildman–Crippen LogP) is 4.18. The fraction of sp³-hybridized carbons (Fsp3) is 0.0526. The molecule has 0 atom stereocenters. The molecule has 0 radical (unpaired) electrons. The molecule has 0 fully saturated rings. The number of hydrogen-bond donors (Lipinski definition) is 1. The summed E-state index contributed by atoms with van der Waals surface area (Å²) < 4.78 is 25.0. The van der Waals surface area contributed by atoms with Gasteiger partial charge >= 0.3 is 0 Å². The predicted molar refractivity (Wildman–Crippen MR) is 109 cm³/mol. The highest BCUT2D eigenvalue weighted by Crippen LogP contribution is 2.21. The number of carbonyl (C=O) groups is 1. The normalized spacial score (nSPS) is 11.9. The van der Waals surface area contributed by atoms with Gasteiger partial charge in [-0.05, 0) is 48.0 Å². The maximum absolute atomic E-state index is 12.5. The van der Waals surface area contributed by atoms with Crippen molar-refractivity contribution in [1.29, 1.82) is 0 Å². The Morgan fingerprint density at radius 1 is 1.07 bits per heavy atom. The fourth-order valence-electron chi connectivity index (χ4n) is 2.41. The average molecular weight is 421 g/mol. The topological polar surface area (TPSA) is 90.1 Å². The summed E-state index contributed by atoms with van der Waals surface area (Å²) in [5.41, 5.74) is 7.16. The van der Waals surface area contributed by atoms with Crippen LogP contribution in [0.5, 0.6) is 0 Å². The Bertz CT molecular complexity index is 1170. The van der Waals surface area contributed by atoms with E-state index >= 15 is 0 Å². The van der Waals surface area contributed by atoms with Gasteiger partial charge in [0.25, 0.3) is 0 Å². The first-order chi connectivity index (χ1) is 12.7. The Morgan fingerprint density at radius 2 is 1.81 bits per heavy atom. The molecule has 5 nitrogen and oxygen atoms in total. The monoisotopic (exact) mass is 420 g/mol. The van der Waals surface area contributed by atoms with Crippen molar-refractivity contribution in [2.24, 2.45) is 0 Å². The SMILES string of the molecule is Nc1cc(C=CC(=O)CS(=O)(=O)c2ccc3ccc(Cl)cc3n2)ccc1Cl. The number of fused-ring (bicyclic) bond motifs is 1. The number of halogens is 2. The molecule has 0 saturated heterocycles. The van der Waals surface area contributed by atoms with Crippen molar-refractivity contribution in [2.45, 2.75) is 5.03 Å². The molecule has 0 unspecified atom stereocenters. The van der Waals surface area contributed by atoms with Crippen LogP contribution in [0.3, 0.4) is 0 Å². The van der Waals surface area contributed by atoms with Gasteiger partial charge in [0.2, 0.25) is 9.84 Å². The van der Waals surface area contributed by atoms with Crippen LogP contribution in [0.25, 0.3) is 17.0 Å². The van der Waals surface area contributed by atoms with Crippen molar-refractivity contribution in [2.75, 3.05) is 11.5 Å². The van der Waals surface area contributed by atoms with E-state index in [0.29, 0.717) is 26.8 Å². The van der Waals surface area contributed by atoms with Crippen molar-refractivity contribution in [3.63, 3.8) is 0 Å². The van der Waals surface area contributed by atoms with E-state index in [1.165, 1.54) is 18.2 Å². The van der Waals surface area contributed by atoms with Crippen molar-refractivity contribution in [1.82, 2.24) is 4.98 Å². The Labute approximate surface area is 166 Å². The number of rotatable bonds is 5. The quantitative estimate of drug-likeness (QED) is 0.493. The second-order valence-corrected chi connectivity index (χ2v) is 8.61. The number of carbonyl (C=O) groups excluding carboxylic acids is 1. The maximum atomic E-state index is 12.5. The lowest BCUT2D eigenvalue weighted by atomic mass is 10.2. The number of anilines is 1. The lowest BCUT2D eigenvalue weighted by molar-refractivity contribution is -0.112. The minimum absolute atomic E-state index is 0.172. The van der Waals surface area contributed by atoms with E-state index in [4.69, 9.17) is 28.9 Å². The molecule has 3 aromatic rings. The van der Waals surface area contributed by atoms with Crippen molar-refractivity contribution >= 4 is 61.5 Å². The smallest absolute Gasteiger partial charge is 0.203 e. The molecule has 0 bridgehead atoms. The summed E-state index contributed by atoms with van der Waals surface area (Å²) in [7, 11) is -3.88. The van der Waals surface area contributed by atoms with Crippen LogP contribution in [0.1, 0.15) is 5.56 Å². The van der Waals surface area contributed by atoms with Crippen LogP contribution in [-0.2, 0) is 14.6 Å². The molecule has 27 heavy (non-hydrogen) atoms. The van der Waals surface area contributed by atoms with Crippen LogP contribution in [0.2, 0.25) is 10.0 Å². The molecule has 0 saturated carbocycles. The summed E-state index contributed by atoms with van der Waals surface area (Å²) in [5, 5.41) is 1.44. The van der Waals surface area contributed by atoms with Gasteiger partial charge in [0.1, 0.15) is 5.75 Å². The van der Waals surface area contributed by atoms with E-state index in [9.17, 15) is 13.2 Å². The minimum atomic E-state index is -3.88. The fourth-order valence-corrected chi connectivity index (χ4v) is 3.82. The standard InChI is InChI=1S/C19H14Cl2N2O3S/c20-14-5-3-13-4-8-19(23-18(13)10-14)27(25,26)11-15(24)6-1-12-2-7-16(21)17(22)9-12/h1-10H,11,22H2. The van der Waals surface area contributed by atoms with E-state index in [0.717, 1.165) is 5.39 Å². The maximum Gasteiger partial charge on any atom is 0.203 e. The number of nitrogens with two attached hydrogens (primary N) is 1. The minimum Gasteiger partial charge on any atom is -0.398 e. The molecule has 1 heterocycles. The molecule has 138 valence electrons. The molecule has 0 spiro atoms. The molecule has 1 aromatic heterocycles. The van der Waals surface area contributed by atoms with Gasteiger partial charge in [0.05, 0.1) is 16.2 Å². The molecule has 3 rings (SSSR count). The molecular weight excluding hydrogens is 407 g/mol. The van der Waals surface area contributed by atoms with Gasteiger partial charge in [-0.2, -0.15) is 0 Å². The molecule has 2 N–H and O–H groups in total. The molecule has 0 aliphatic carbocycles. The first-order valence-corrected chi connectivity index (χ1v) is 10.2. The number of nitrogens with zero attached hydrogens (tertiary/aromatic N) is 1. The summed E-state index contributed by atoms with van der Waals surface area (Å²) in [4.78, 5) is 16.2. The van der Waals surface area contributed by atoms with E-state index in [-0.39, 0.29) is 5.03 Å². The van der Waals surface area contributed by atoms with E-state index in [2.05, 4.69) is 4.98 Å². The van der Waals surface area contributed by atoms with Gasteiger partial charge in [0, 0.05) is 10.4 Å². The Hall–Kier alpha value is -2.41. The third-order valence-electron chi connectivity index (χ3n) is 3.76. The number of benzene rings is 2. The van der Waals surface area contributed by atoms with E-state index in [1.54, 1.807) is 42.5 Å². The second-order valence-electron chi connectivity index (χ2n) is 5.83. The molecule has 0 aliphatic heterocycles. The summed E-state index contributed by atoms with van der Waals surface area (Å²) in [6.45, 7) is 0. The Kier molecular flexibility index (Phi) is 5.51. The zero-order chi connectivity index (χ0) is 19.6. The number of sulfone groups is 1. The summed E-state index contributed by atoms with van der Waals surface area (Å²) in [6.07, 6.45) is 2.68. The zero-order valence-electron chi connectivity index (χ0n) is 13.9. The zero-order valence-corrected chi connectivity index (χ0v) is 16.2. The van der Waals surface area contributed by atoms with Crippen molar-refractivity contribution < 1.29 is 13.2 Å². The van der Waals surface area contributed by atoms with Gasteiger partial charge in [0.15, 0.2) is 10.8 Å². The van der Waals surface area contributed by atoms with E-state index < -0.39 is 21.4 Å². The van der Waals surface area contributed by atoms with Crippen molar-refractivity contribution in [3.05, 3.63) is 70.2 Å². The van der Waals surface area contributed by atoms with Crippen LogP contribution in [0, 0.1) is 0 Å². The number of ketones is 1. The van der Waals surface area contributed by atoms with Crippen LogP contribution >= 0.6 is 23.2 Å². The Balaban J connectivity index is 1.80. The number of hydrogen-bond acceptors (Lipinski definition) is 5. The van der Waals surface area contributed by atoms with Crippen LogP contribution < -0.4 is 5.73 Å². The second kappa shape index (κ2) is 7.68. The molecular formula is C19H14Cl2N2O3S. The summed E-state index contributed by atoms with van der Waals surface area (Å²) >= 11 is 11.8. The van der Waals surface area contributed by atoms with E-state index in [1.807, 2.05) is 0 Å². The summed E-state index contributed by atoms with van der Waals surface area (Å²) in [5.74, 6) is -1.26. The van der Waals surface area contributed by atoms with Gasteiger partial charge in [-0.25, -0.2) is 13.4 Å². The number of allylic oxidation sites excluding steroid dienone is 1. The molecule has 0 aliphatic rings. The largest absolute Gasteiger partial charge is 0.398 e. The summed E-state index contributed by atoms with van der Waals surface area (Å²) in [6, 6.07) is 12.9. The molecule has 0 amide bonds. The highest BCUT2D eigenvalue weighted by molar-refractivity contribution is 7.92. The first kappa shape index (κ1) is 19.4. The lowest BCUT2D eigenvalue weighted by Gasteiger charge is -2.04. The number of nitrogen functional groups attached to an aromatic ring is 1. The van der Waals surface area contributed by atoms with Gasteiger partial charge in [-0.3, -0.25) is 4.79 Å². The third-order valence-corrected chi connectivity index (χ3v) is 5.87.